The van der Waals surface area contributed by atoms with Gasteiger partial charge < -0.3 is 49.6 Å². The van der Waals surface area contributed by atoms with Crippen molar-refractivity contribution in [3.05, 3.63) is 0 Å². The van der Waals surface area contributed by atoms with Crippen LogP contribution < -0.4 is 0 Å². The molecule has 5 aliphatic rings. The van der Waals surface area contributed by atoms with E-state index in [1.54, 1.807) is 0 Å². The fourth-order valence-corrected chi connectivity index (χ4v) is 5.70. The zero-order valence-electron chi connectivity index (χ0n) is 18.0. The minimum atomic E-state index is -1.83. The summed E-state index contributed by atoms with van der Waals surface area (Å²) in [5.41, 5.74) is -1.53. The van der Waals surface area contributed by atoms with Gasteiger partial charge in [-0.1, -0.05) is 13.8 Å². The normalized spacial score (nSPS) is 51.5. The maximum absolute atomic E-state index is 10.3. The van der Waals surface area contributed by atoms with E-state index in [9.17, 15) is 30.6 Å². The van der Waals surface area contributed by atoms with Crippen LogP contribution in [0, 0.1) is 23.2 Å². The molecule has 2 heterocycles. The molecule has 10 nitrogen and oxygen atoms in total. The van der Waals surface area contributed by atoms with E-state index in [-0.39, 0.29) is 13.2 Å². The Hall–Kier alpha value is -0.400. The van der Waals surface area contributed by atoms with Gasteiger partial charge in [-0.05, 0) is 42.4 Å². The van der Waals surface area contributed by atoms with Crippen LogP contribution in [0.4, 0.5) is 0 Å². The molecule has 0 aromatic rings. The van der Waals surface area contributed by atoms with Gasteiger partial charge in [-0.25, -0.2) is 0 Å². The lowest BCUT2D eigenvalue weighted by molar-refractivity contribution is -0.314. The first-order valence-corrected chi connectivity index (χ1v) is 11.1. The predicted octanol–water partition coefficient (Wildman–Crippen LogP) is -1.66. The Balaban J connectivity index is 1.31. The van der Waals surface area contributed by atoms with Gasteiger partial charge >= 0.3 is 0 Å². The van der Waals surface area contributed by atoms with Gasteiger partial charge in [0.2, 0.25) is 0 Å². The molecule has 5 rings (SSSR count). The molecule has 2 saturated heterocycles. The van der Waals surface area contributed by atoms with Gasteiger partial charge in [0.05, 0.1) is 26.4 Å². The summed E-state index contributed by atoms with van der Waals surface area (Å²) in [6.45, 7) is 3.68. The van der Waals surface area contributed by atoms with Crippen LogP contribution in [-0.2, 0) is 18.9 Å². The summed E-state index contributed by atoms with van der Waals surface area (Å²) in [6.07, 6.45) is -5.82. The SMILES string of the molecule is CC1(C)[C@@H]2CC[C@@H](CO[C@@H]3O[C@H](CO[C@@H]4OC[C@](O)(CO)[C@H]4O)[C@@H](O)[C@H](O)[C@H]3O)[C@@H]1C2. The van der Waals surface area contributed by atoms with E-state index < -0.39 is 55.3 Å². The van der Waals surface area contributed by atoms with E-state index in [1.807, 2.05) is 0 Å². The number of fused-ring (bicyclic) bond motifs is 2. The van der Waals surface area contributed by atoms with Gasteiger partial charge in [0.25, 0.3) is 0 Å². The maximum atomic E-state index is 10.3. The van der Waals surface area contributed by atoms with E-state index >= 15 is 0 Å². The first kappa shape index (κ1) is 23.7. The summed E-state index contributed by atoms with van der Waals surface area (Å²) >= 11 is 0. The third-order valence-corrected chi connectivity index (χ3v) is 8.15. The van der Waals surface area contributed by atoms with Crippen molar-refractivity contribution >= 4 is 0 Å². The molecule has 10 heteroatoms. The topological polar surface area (TPSA) is 158 Å². The Morgan fingerprint density at radius 2 is 1.65 bits per heavy atom. The van der Waals surface area contributed by atoms with Crippen molar-refractivity contribution in [2.75, 3.05) is 26.4 Å². The van der Waals surface area contributed by atoms with Crippen molar-refractivity contribution < 1.29 is 49.6 Å². The molecule has 31 heavy (non-hydrogen) atoms. The van der Waals surface area contributed by atoms with E-state index in [2.05, 4.69) is 13.8 Å². The van der Waals surface area contributed by atoms with Crippen molar-refractivity contribution in [2.45, 2.75) is 81.8 Å². The number of ether oxygens (including phenoxy) is 4. The Morgan fingerprint density at radius 1 is 0.935 bits per heavy atom. The molecule has 3 saturated carbocycles. The summed E-state index contributed by atoms with van der Waals surface area (Å²) < 4.78 is 22.1. The average Bonchev–Trinajstić information content (AvgIpc) is 3.05. The molecule has 0 spiro atoms. The lowest BCUT2D eigenvalue weighted by Crippen LogP contribution is -2.60. The summed E-state index contributed by atoms with van der Waals surface area (Å²) in [6, 6.07) is 0. The quantitative estimate of drug-likeness (QED) is 0.266. The molecular formula is C21H36O10. The highest BCUT2D eigenvalue weighted by Crippen LogP contribution is 2.61. The molecule has 0 amide bonds. The van der Waals surface area contributed by atoms with E-state index in [1.165, 1.54) is 6.42 Å². The Bertz CT molecular complexity index is 629. The molecule has 3 aliphatic carbocycles. The molecule has 6 N–H and O–H groups in total. The lowest BCUT2D eigenvalue weighted by atomic mass is 9.46. The second kappa shape index (κ2) is 8.75. The summed E-state index contributed by atoms with van der Waals surface area (Å²) in [4.78, 5) is 0. The minimum Gasteiger partial charge on any atom is -0.393 e. The van der Waals surface area contributed by atoms with Crippen LogP contribution in [0.25, 0.3) is 0 Å². The van der Waals surface area contributed by atoms with Crippen molar-refractivity contribution in [3.63, 3.8) is 0 Å². The smallest absolute Gasteiger partial charge is 0.186 e. The zero-order valence-corrected chi connectivity index (χ0v) is 18.0. The first-order valence-electron chi connectivity index (χ1n) is 11.1. The molecular weight excluding hydrogens is 412 g/mol. The predicted molar refractivity (Wildman–Crippen MR) is 104 cm³/mol. The molecule has 0 radical (unpaired) electrons. The van der Waals surface area contributed by atoms with Gasteiger partial charge in [0.15, 0.2) is 12.6 Å². The summed E-state index contributed by atoms with van der Waals surface area (Å²) in [7, 11) is 0. The molecule has 180 valence electrons. The van der Waals surface area contributed by atoms with Crippen LogP contribution in [0.1, 0.15) is 33.1 Å². The number of hydrogen-bond acceptors (Lipinski definition) is 10. The standard InChI is InChI=1S/C21H36O10/c1-20(2)11-4-3-10(12(20)5-11)6-28-18-16(25)15(24)14(23)13(31-18)7-29-19-17(26)21(27,8-22)9-30-19/h10-19,22-27H,3-9H2,1-2H3/t10-,11+,12-,13+,14+,15-,16+,17-,18+,19+,21+/m0/s1. The fraction of sp³-hybridized carbons (Fsp3) is 1.00. The van der Waals surface area contributed by atoms with Gasteiger partial charge in [0.1, 0.15) is 36.1 Å². The van der Waals surface area contributed by atoms with Crippen LogP contribution >= 0.6 is 0 Å². The molecule has 2 bridgehead atoms. The number of hydrogen-bond donors (Lipinski definition) is 6. The maximum Gasteiger partial charge on any atom is 0.186 e. The Labute approximate surface area is 181 Å². The molecule has 5 fully saturated rings. The third kappa shape index (κ3) is 4.16. The molecule has 0 aromatic carbocycles. The number of rotatable bonds is 7. The molecule has 2 aliphatic heterocycles. The van der Waals surface area contributed by atoms with E-state index in [0.29, 0.717) is 23.9 Å². The fourth-order valence-electron chi connectivity index (χ4n) is 5.70. The average molecular weight is 449 g/mol. The Morgan fingerprint density at radius 3 is 2.26 bits per heavy atom. The summed E-state index contributed by atoms with van der Waals surface area (Å²) in [5.74, 6) is 1.68. The van der Waals surface area contributed by atoms with Crippen molar-refractivity contribution in [3.8, 4) is 0 Å². The highest BCUT2D eigenvalue weighted by atomic mass is 16.7. The van der Waals surface area contributed by atoms with Crippen LogP contribution in [0.3, 0.4) is 0 Å². The third-order valence-electron chi connectivity index (χ3n) is 8.15. The van der Waals surface area contributed by atoms with Crippen LogP contribution in [0.5, 0.6) is 0 Å². The second-order valence-corrected chi connectivity index (χ2v) is 10.3. The van der Waals surface area contributed by atoms with Crippen molar-refractivity contribution in [1.82, 2.24) is 0 Å². The minimum absolute atomic E-state index is 0.283. The van der Waals surface area contributed by atoms with Gasteiger partial charge in [0, 0.05) is 0 Å². The van der Waals surface area contributed by atoms with Crippen LogP contribution in [0.2, 0.25) is 0 Å². The first-order chi connectivity index (χ1) is 14.6. The number of aliphatic hydroxyl groups is 6. The molecule has 0 unspecified atom stereocenters. The van der Waals surface area contributed by atoms with Gasteiger partial charge in [-0.15, -0.1) is 0 Å². The largest absolute Gasteiger partial charge is 0.393 e. The molecule has 11 atom stereocenters. The monoisotopic (exact) mass is 448 g/mol. The van der Waals surface area contributed by atoms with E-state index in [4.69, 9.17) is 18.9 Å². The second-order valence-electron chi connectivity index (χ2n) is 10.3. The van der Waals surface area contributed by atoms with Crippen molar-refractivity contribution in [2.24, 2.45) is 23.2 Å². The number of aliphatic hydroxyl groups excluding tert-OH is 5. The Kier molecular flexibility index (Phi) is 6.70. The highest BCUT2D eigenvalue weighted by Gasteiger charge is 2.55. The van der Waals surface area contributed by atoms with Gasteiger partial charge in [-0.2, -0.15) is 0 Å². The highest BCUT2D eigenvalue weighted by molar-refractivity contribution is 5.03. The lowest BCUT2D eigenvalue weighted by Gasteiger charge is -2.60. The van der Waals surface area contributed by atoms with Gasteiger partial charge in [-0.3, -0.25) is 0 Å². The van der Waals surface area contributed by atoms with Crippen molar-refractivity contribution in [1.29, 1.82) is 0 Å². The summed E-state index contributed by atoms with van der Waals surface area (Å²) in [5, 5.41) is 60.2. The van der Waals surface area contributed by atoms with E-state index in [0.717, 1.165) is 18.8 Å². The molecule has 0 aromatic heterocycles. The van der Waals surface area contributed by atoms with Crippen LogP contribution in [-0.4, -0.2) is 106 Å². The van der Waals surface area contributed by atoms with Crippen LogP contribution in [0.15, 0.2) is 0 Å². The zero-order chi connectivity index (χ0) is 22.6.